The van der Waals surface area contributed by atoms with Crippen LogP contribution in [0.25, 0.3) is 0 Å². The number of hydrogen-bond donors (Lipinski definition) is 11. The second-order valence-corrected chi connectivity index (χ2v) is 8.94. The first-order chi connectivity index (χ1) is 16.8. The molecule has 0 spiro atoms. The highest BCUT2D eigenvalue weighted by Crippen LogP contribution is 2.37. The molecule has 14 atom stereocenters. The maximum atomic E-state index is 12.0. The van der Waals surface area contributed by atoms with Crippen LogP contribution in [0, 0.1) is 0 Å². The van der Waals surface area contributed by atoms with Gasteiger partial charge in [-0.1, -0.05) is 0 Å². The highest BCUT2D eigenvalue weighted by molar-refractivity contribution is 5.78. The zero-order valence-electron chi connectivity index (χ0n) is 19.5. The van der Waals surface area contributed by atoms with Gasteiger partial charge in [0, 0.05) is 6.92 Å². The Morgan fingerprint density at radius 3 is 2.08 bits per heavy atom. The van der Waals surface area contributed by atoms with Crippen LogP contribution in [0.15, 0.2) is 0 Å². The number of carbonyl (C=O) groups is 2. The fourth-order valence-electron chi connectivity index (χ4n) is 4.35. The molecule has 2 aliphatic heterocycles. The lowest BCUT2D eigenvalue weighted by Crippen LogP contribution is -2.76. The van der Waals surface area contributed by atoms with Crippen LogP contribution in [-0.4, -0.2) is 162 Å². The summed E-state index contributed by atoms with van der Waals surface area (Å²) in [5.41, 5.74) is -3.04. The van der Waals surface area contributed by atoms with Gasteiger partial charge >= 0.3 is 0 Å². The molecule has 0 saturated carbocycles. The van der Waals surface area contributed by atoms with E-state index in [1.54, 1.807) is 0 Å². The smallest absolute Gasteiger partial charge is 0.217 e. The average Bonchev–Trinajstić information content (AvgIpc) is 2.85. The summed E-state index contributed by atoms with van der Waals surface area (Å²) in [6.45, 7) is 0.181. The highest BCUT2D eigenvalue weighted by Gasteiger charge is 2.62. The number of amides is 1. The van der Waals surface area contributed by atoms with E-state index in [0.29, 0.717) is 0 Å². The summed E-state index contributed by atoms with van der Waals surface area (Å²) < 4.78 is 16.1. The quantitative estimate of drug-likeness (QED) is 0.117. The minimum Gasteiger partial charge on any atom is -0.394 e. The van der Waals surface area contributed by atoms with Crippen LogP contribution in [0.5, 0.6) is 0 Å². The number of ether oxygens (including phenoxy) is 3. The van der Waals surface area contributed by atoms with Crippen molar-refractivity contribution in [3.63, 3.8) is 0 Å². The van der Waals surface area contributed by atoms with Gasteiger partial charge in [0.25, 0.3) is 0 Å². The second kappa shape index (κ2) is 12.4. The molecular weight excluding hydrogens is 494 g/mol. The van der Waals surface area contributed by atoms with E-state index in [1.807, 2.05) is 0 Å². The summed E-state index contributed by atoms with van der Waals surface area (Å²) in [4.78, 5) is 23.8. The molecule has 2 rings (SSSR count). The molecule has 0 radical (unpaired) electrons. The van der Waals surface area contributed by atoms with Crippen LogP contribution in [0.2, 0.25) is 0 Å². The Morgan fingerprint density at radius 2 is 1.58 bits per heavy atom. The van der Waals surface area contributed by atoms with Crippen molar-refractivity contribution in [1.29, 1.82) is 0 Å². The molecule has 0 aromatic rings. The number of aldehydes is 1. The number of nitrogens with one attached hydrogen (secondary N) is 1. The van der Waals surface area contributed by atoms with E-state index in [4.69, 9.17) is 14.2 Å². The monoisotopic (exact) mass is 529 g/mol. The van der Waals surface area contributed by atoms with Crippen LogP contribution < -0.4 is 5.32 Å². The predicted molar refractivity (Wildman–Crippen MR) is 113 cm³/mol. The lowest BCUT2D eigenvalue weighted by Gasteiger charge is -2.52. The van der Waals surface area contributed by atoms with Crippen LogP contribution in [0.4, 0.5) is 0 Å². The van der Waals surface area contributed by atoms with Crippen molar-refractivity contribution >= 4 is 12.2 Å². The molecule has 1 unspecified atom stereocenters. The minimum atomic E-state index is -3.04. The first-order valence-electron chi connectivity index (χ1n) is 11.1. The number of aliphatic hydroxyl groups excluding tert-OH is 9. The molecule has 2 heterocycles. The SMILES string of the molecule is CC(=O)N[C@@H](C=O)[C@](O)(C1O[C@@H](C)[C@@H](O)[C@@H](O)[C@@H]1O)[C@H](O[C@@H]1O[C@H](CO)[C@H](O)[C@H](O)[C@H]1O)[C@H](O)CO. The predicted octanol–water partition coefficient (Wildman–Crippen LogP) is -7.17. The molecule has 11 N–H and O–H groups in total. The van der Waals surface area contributed by atoms with Crippen molar-refractivity contribution < 1.29 is 74.9 Å². The average molecular weight is 529 g/mol. The molecule has 16 nitrogen and oxygen atoms in total. The van der Waals surface area contributed by atoms with E-state index in [9.17, 15) is 60.7 Å². The first-order valence-corrected chi connectivity index (χ1v) is 11.1. The second-order valence-electron chi connectivity index (χ2n) is 8.94. The summed E-state index contributed by atoms with van der Waals surface area (Å²) in [7, 11) is 0. The molecule has 2 saturated heterocycles. The Balaban J connectivity index is 2.61. The van der Waals surface area contributed by atoms with E-state index in [0.717, 1.165) is 6.92 Å². The van der Waals surface area contributed by atoms with Gasteiger partial charge < -0.3 is 75.4 Å². The normalized spacial score (nSPS) is 41.6. The fraction of sp³-hybridized carbons (Fsp3) is 0.900. The minimum absolute atomic E-state index is 0.00665. The van der Waals surface area contributed by atoms with Crippen LogP contribution in [0.1, 0.15) is 13.8 Å². The number of rotatable bonds is 10. The molecule has 0 aliphatic carbocycles. The van der Waals surface area contributed by atoms with Crippen molar-refractivity contribution in [3.8, 4) is 0 Å². The highest BCUT2D eigenvalue weighted by atomic mass is 16.7. The van der Waals surface area contributed by atoms with Gasteiger partial charge in [0.1, 0.15) is 79.0 Å². The molecule has 0 aromatic carbocycles. The first kappa shape index (κ1) is 30.8. The van der Waals surface area contributed by atoms with Crippen LogP contribution in [0.3, 0.4) is 0 Å². The molecular formula is C20H35NO15. The van der Waals surface area contributed by atoms with E-state index in [-0.39, 0.29) is 6.29 Å². The molecule has 2 aliphatic rings. The summed E-state index contributed by atoms with van der Waals surface area (Å²) in [5.74, 6) is -0.880. The molecule has 36 heavy (non-hydrogen) atoms. The molecule has 210 valence electrons. The Morgan fingerprint density at radius 1 is 1.00 bits per heavy atom. The van der Waals surface area contributed by atoms with Crippen molar-refractivity contribution in [2.45, 2.75) is 98.9 Å². The summed E-state index contributed by atoms with van der Waals surface area (Å²) in [5, 5.41) is 105. The molecule has 0 aromatic heterocycles. The molecule has 1 amide bonds. The Kier molecular flexibility index (Phi) is 10.7. The van der Waals surface area contributed by atoms with Crippen LogP contribution in [-0.2, 0) is 23.8 Å². The number of hydrogen-bond acceptors (Lipinski definition) is 15. The van der Waals surface area contributed by atoms with E-state index < -0.39 is 104 Å². The zero-order valence-corrected chi connectivity index (χ0v) is 19.5. The van der Waals surface area contributed by atoms with Gasteiger partial charge in [-0.3, -0.25) is 4.79 Å². The Bertz CT molecular complexity index is 742. The lowest BCUT2D eigenvalue weighted by atomic mass is 9.75. The standard InChI is InChI=1S/C20H35NO15/c1-6-11(27)13(29)15(31)18(34-6)20(33,10(5-24)21-7(2)25)17(8(26)3-22)36-19-16(32)14(30)12(28)9(4-23)35-19/h5-6,8-19,22-23,26-33H,3-4H2,1-2H3,(H,21,25)/t6-,8+,9+,10-,11+,12-,13+,14-,15-,16+,17+,18?,19-,20+/m0/s1. The van der Waals surface area contributed by atoms with E-state index >= 15 is 0 Å². The summed E-state index contributed by atoms with van der Waals surface area (Å²) in [6, 6.07) is -2.06. The lowest BCUT2D eigenvalue weighted by molar-refractivity contribution is -0.351. The van der Waals surface area contributed by atoms with E-state index in [2.05, 4.69) is 5.32 Å². The van der Waals surface area contributed by atoms with Gasteiger partial charge in [-0.15, -0.1) is 0 Å². The van der Waals surface area contributed by atoms with Gasteiger partial charge in [-0.25, -0.2) is 0 Å². The third-order valence-corrected chi connectivity index (χ3v) is 6.42. The molecule has 0 bridgehead atoms. The largest absolute Gasteiger partial charge is 0.394 e. The zero-order chi connectivity index (χ0) is 27.5. The van der Waals surface area contributed by atoms with Crippen LogP contribution >= 0.6 is 0 Å². The van der Waals surface area contributed by atoms with Crippen molar-refractivity contribution in [3.05, 3.63) is 0 Å². The third kappa shape index (κ3) is 5.86. The van der Waals surface area contributed by atoms with Gasteiger partial charge in [-0.2, -0.15) is 0 Å². The number of aliphatic hydroxyl groups is 10. The third-order valence-electron chi connectivity index (χ3n) is 6.42. The maximum absolute atomic E-state index is 12.0. The Hall–Kier alpha value is -1.38. The van der Waals surface area contributed by atoms with Gasteiger partial charge in [0.15, 0.2) is 6.29 Å². The summed E-state index contributed by atoms with van der Waals surface area (Å²) >= 11 is 0. The molecule has 16 heteroatoms. The maximum Gasteiger partial charge on any atom is 0.217 e. The van der Waals surface area contributed by atoms with Crippen molar-refractivity contribution in [1.82, 2.24) is 5.32 Å². The fourth-order valence-corrected chi connectivity index (χ4v) is 4.35. The van der Waals surface area contributed by atoms with Gasteiger partial charge in [0.05, 0.1) is 19.3 Å². The van der Waals surface area contributed by atoms with Crippen molar-refractivity contribution in [2.24, 2.45) is 0 Å². The topological polar surface area (TPSA) is 276 Å². The van der Waals surface area contributed by atoms with Crippen molar-refractivity contribution in [2.75, 3.05) is 13.2 Å². The molecule has 2 fully saturated rings. The van der Waals surface area contributed by atoms with Gasteiger partial charge in [0.2, 0.25) is 5.91 Å². The Labute approximate surface area is 205 Å². The van der Waals surface area contributed by atoms with Gasteiger partial charge in [-0.05, 0) is 6.92 Å². The number of carbonyl (C=O) groups excluding carboxylic acids is 2. The summed E-state index contributed by atoms with van der Waals surface area (Å²) in [6.07, 6.45) is -22.8. The van der Waals surface area contributed by atoms with E-state index in [1.165, 1.54) is 6.92 Å².